The van der Waals surface area contributed by atoms with E-state index < -0.39 is 51.0 Å². The molecule has 236 valence electrons. The van der Waals surface area contributed by atoms with Crippen LogP contribution in [0.3, 0.4) is 0 Å². The smallest absolute Gasteiger partial charge is 0.380 e. The molecule has 0 bridgehead atoms. The van der Waals surface area contributed by atoms with Gasteiger partial charge in [-0.3, -0.25) is 8.98 Å². The van der Waals surface area contributed by atoms with E-state index in [1.54, 1.807) is 45.0 Å². The van der Waals surface area contributed by atoms with Crippen LogP contribution in [-0.4, -0.2) is 58.3 Å². The van der Waals surface area contributed by atoms with Gasteiger partial charge in [-0.05, 0) is 43.9 Å². The molecule has 0 saturated carbocycles. The first kappa shape index (κ1) is 35.7. The maximum atomic E-state index is 13.7. The van der Waals surface area contributed by atoms with Crippen LogP contribution in [0.15, 0.2) is 65.8 Å². The molecule has 0 saturated heterocycles. The lowest BCUT2D eigenvalue weighted by Crippen LogP contribution is -2.60. The fourth-order valence-corrected chi connectivity index (χ4v) is 4.87. The second-order valence-electron chi connectivity index (χ2n) is 11.1. The van der Waals surface area contributed by atoms with Crippen molar-refractivity contribution in [2.24, 2.45) is 15.9 Å². The SMILES string of the molecule is CCOC(=O)[C@@](OCc1ccccc1)(OC(=O)C(C)(C)COCc1ccccc1)C(C)(C)COS(=O)(=O)CCCN=[N+]=[N-]. The molecule has 0 spiro atoms. The molecule has 0 fully saturated rings. The highest BCUT2D eigenvalue weighted by Crippen LogP contribution is 2.40. The van der Waals surface area contributed by atoms with Gasteiger partial charge in [0, 0.05) is 11.5 Å². The van der Waals surface area contributed by atoms with Crippen molar-refractivity contribution in [2.45, 2.75) is 60.0 Å². The van der Waals surface area contributed by atoms with Crippen molar-refractivity contribution < 1.29 is 41.1 Å². The molecular formula is C30H41N3O9S. The Balaban J connectivity index is 2.38. The van der Waals surface area contributed by atoms with Crippen LogP contribution >= 0.6 is 0 Å². The first-order chi connectivity index (χ1) is 20.3. The standard InChI is InChI=1S/C30H41N3O9S/c1-6-39-27(35)30(40-21-25-16-11-8-12-17-25,29(4,5)23-41-43(36,37)19-13-18-32-33-31)42-26(34)28(2,3)22-38-20-24-14-9-7-10-15-24/h7-12,14-17H,6,13,18-23H2,1-5H3/t30-/m1/s1. The van der Waals surface area contributed by atoms with E-state index in [9.17, 15) is 18.0 Å². The molecular weight excluding hydrogens is 578 g/mol. The molecule has 0 amide bonds. The van der Waals surface area contributed by atoms with Gasteiger partial charge in [0.05, 0.1) is 49.6 Å². The zero-order chi connectivity index (χ0) is 32.0. The van der Waals surface area contributed by atoms with Crippen molar-refractivity contribution >= 4 is 22.1 Å². The lowest BCUT2D eigenvalue weighted by Gasteiger charge is -2.43. The van der Waals surface area contributed by atoms with E-state index in [0.717, 1.165) is 5.56 Å². The summed E-state index contributed by atoms with van der Waals surface area (Å²) in [4.78, 5) is 30.0. The summed E-state index contributed by atoms with van der Waals surface area (Å²) < 4.78 is 53.7. The van der Waals surface area contributed by atoms with Gasteiger partial charge in [0.2, 0.25) is 0 Å². The molecule has 0 radical (unpaired) electrons. The van der Waals surface area contributed by atoms with Crippen LogP contribution in [0, 0.1) is 10.8 Å². The molecule has 0 aliphatic heterocycles. The van der Waals surface area contributed by atoms with E-state index in [-0.39, 0.29) is 39.4 Å². The maximum absolute atomic E-state index is 13.7. The Hall–Kier alpha value is -3.48. The molecule has 2 aromatic carbocycles. The third kappa shape index (κ3) is 10.9. The minimum absolute atomic E-state index is 0.0333. The number of rotatable bonds is 19. The molecule has 2 aromatic rings. The van der Waals surface area contributed by atoms with Crippen LogP contribution < -0.4 is 0 Å². The maximum Gasteiger partial charge on any atom is 0.380 e. The fourth-order valence-electron chi connectivity index (χ4n) is 3.80. The Bertz CT molecular complexity index is 1330. The Morgan fingerprint density at radius 1 is 0.884 bits per heavy atom. The second-order valence-corrected chi connectivity index (χ2v) is 12.8. The average Bonchev–Trinajstić information content (AvgIpc) is 2.97. The summed E-state index contributed by atoms with van der Waals surface area (Å²) in [5.41, 5.74) is 7.18. The van der Waals surface area contributed by atoms with Crippen molar-refractivity contribution in [1.82, 2.24) is 0 Å². The van der Waals surface area contributed by atoms with Gasteiger partial charge in [-0.1, -0.05) is 79.6 Å². The van der Waals surface area contributed by atoms with E-state index in [4.69, 9.17) is 28.7 Å². The van der Waals surface area contributed by atoms with Gasteiger partial charge in [0.15, 0.2) is 0 Å². The Kier molecular flexibility index (Phi) is 13.6. The highest BCUT2D eigenvalue weighted by Gasteiger charge is 2.59. The number of ether oxygens (including phenoxy) is 4. The quantitative estimate of drug-likeness (QED) is 0.0385. The van der Waals surface area contributed by atoms with E-state index in [0.29, 0.717) is 5.56 Å². The molecule has 0 heterocycles. The first-order valence-corrected chi connectivity index (χ1v) is 15.4. The molecule has 12 nitrogen and oxygen atoms in total. The molecule has 0 aromatic heterocycles. The predicted molar refractivity (Wildman–Crippen MR) is 159 cm³/mol. The zero-order valence-corrected chi connectivity index (χ0v) is 26.2. The first-order valence-electron chi connectivity index (χ1n) is 13.9. The lowest BCUT2D eigenvalue weighted by atomic mass is 9.83. The number of carbonyl (C=O) groups is 2. The third-order valence-electron chi connectivity index (χ3n) is 6.40. The zero-order valence-electron chi connectivity index (χ0n) is 25.4. The normalized spacial score (nSPS) is 13.4. The van der Waals surface area contributed by atoms with Gasteiger partial charge in [0.1, 0.15) is 0 Å². The van der Waals surface area contributed by atoms with Crippen molar-refractivity contribution in [3.63, 3.8) is 0 Å². The fraction of sp³-hybridized carbons (Fsp3) is 0.533. The summed E-state index contributed by atoms with van der Waals surface area (Å²) in [5.74, 6) is -4.68. The summed E-state index contributed by atoms with van der Waals surface area (Å²) in [6.45, 7) is 7.10. The molecule has 1 atom stereocenters. The largest absolute Gasteiger partial charge is 0.461 e. The monoisotopic (exact) mass is 619 g/mol. The number of hydrogen-bond acceptors (Lipinski definition) is 10. The molecule has 0 aliphatic carbocycles. The minimum Gasteiger partial charge on any atom is -0.461 e. The highest BCUT2D eigenvalue weighted by atomic mass is 32.2. The van der Waals surface area contributed by atoms with Gasteiger partial charge in [-0.25, -0.2) is 4.79 Å². The number of carbonyl (C=O) groups excluding carboxylic acids is 2. The topological polar surface area (TPSA) is 163 Å². The van der Waals surface area contributed by atoms with E-state index in [2.05, 4.69) is 10.0 Å². The molecule has 0 unspecified atom stereocenters. The van der Waals surface area contributed by atoms with Gasteiger partial charge in [0.25, 0.3) is 10.1 Å². The number of benzene rings is 2. The number of azide groups is 1. The van der Waals surface area contributed by atoms with Gasteiger partial charge in [-0.2, -0.15) is 8.42 Å². The molecule has 43 heavy (non-hydrogen) atoms. The summed E-state index contributed by atoms with van der Waals surface area (Å²) in [5, 5.41) is 3.33. The predicted octanol–water partition coefficient (Wildman–Crippen LogP) is 5.32. The summed E-state index contributed by atoms with van der Waals surface area (Å²) in [7, 11) is -4.11. The van der Waals surface area contributed by atoms with E-state index >= 15 is 0 Å². The van der Waals surface area contributed by atoms with E-state index in [1.165, 1.54) is 13.8 Å². The Morgan fingerprint density at radius 2 is 1.47 bits per heavy atom. The van der Waals surface area contributed by atoms with Crippen molar-refractivity contribution in [3.8, 4) is 0 Å². The average molecular weight is 620 g/mol. The number of hydrogen-bond donors (Lipinski definition) is 0. The van der Waals surface area contributed by atoms with Gasteiger partial charge >= 0.3 is 17.7 Å². The Labute approximate surface area is 253 Å². The lowest BCUT2D eigenvalue weighted by molar-refractivity contribution is -0.290. The van der Waals surface area contributed by atoms with Crippen molar-refractivity contribution in [3.05, 3.63) is 82.2 Å². The summed E-state index contributed by atoms with van der Waals surface area (Å²) in [6, 6.07) is 18.3. The number of esters is 2. The van der Waals surface area contributed by atoms with Crippen LogP contribution in [-0.2, 0) is 56.1 Å². The molecule has 13 heteroatoms. The van der Waals surface area contributed by atoms with Crippen LogP contribution in [0.25, 0.3) is 10.4 Å². The summed E-state index contributed by atoms with van der Waals surface area (Å²) in [6.07, 6.45) is 0.0342. The highest BCUT2D eigenvalue weighted by molar-refractivity contribution is 7.86. The van der Waals surface area contributed by atoms with Crippen molar-refractivity contribution in [1.29, 1.82) is 0 Å². The second kappa shape index (κ2) is 16.4. The molecule has 0 N–H and O–H groups in total. The van der Waals surface area contributed by atoms with Crippen LogP contribution in [0.1, 0.15) is 52.2 Å². The molecule has 0 aliphatic rings. The molecule has 2 rings (SSSR count). The van der Waals surface area contributed by atoms with Gasteiger partial charge in [-0.15, -0.1) is 0 Å². The van der Waals surface area contributed by atoms with Crippen molar-refractivity contribution in [2.75, 3.05) is 32.1 Å². The third-order valence-corrected chi connectivity index (χ3v) is 7.66. The van der Waals surface area contributed by atoms with Crippen LogP contribution in [0.4, 0.5) is 0 Å². The Morgan fingerprint density at radius 3 is 2.02 bits per heavy atom. The number of nitrogens with zero attached hydrogens (tertiary/aromatic N) is 3. The summed E-state index contributed by atoms with van der Waals surface area (Å²) >= 11 is 0. The minimum atomic E-state index is -4.11. The van der Waals surface area contributed by atoms with Crippen LogP contribution in [0.5, 0.6) is 0 Å². The van der Waals surface area contributed by atoms with Crippen LogP contribution in [0.2, 0.25) is 0 Å². The van der Waals surface area contributed by atoms with Gasteiger partial charge < -0.3 is 18.9 Å². The van der Waals surface area contributed by atoms with E-state index in [1.807, 2.05) is 36.4 Å².